The van der Waals surface area contributed by atoms with Gasteiger partial charge in [0.15, 0.2) is 5.82 Å². The Labute approximate surface area is 173 Å². The van der Waals surface area contributed by atoms with Crippen LogP contribution in [0, 0.1) is 0 Å². The molecule has 1 fully saturated rings. The fourth-order valence-corrected chi connectivity index (χ4v) is 4.60. The number of anilines is 1. The van der Waals surface area contributed by atoms with E-state index in [-0.39, 0.29) is 11.6 Å². The number of nitrogens with zero attached hydrogens (tertiary/aromatic N) is 2. The molecule has 30 heavy (non-hydrogen) atoms. The summed E-state index contributed by atoms with van der Waals surface area (Å²) in [7, 11) is 0. The van der Waals surface area contributed by atoms with Crippen LogP contribution in [0.1, 0.15) is 62.1 Å². The van der Waals surface area contributed by atoms with E-state index < -0.39 is 23.1 Å². The van der Waals surface area contributed by atoms with Crippen molar-refractivity contribution in [2.24, 2.45) is 0 Å². The number of aromatic hydroxyl groups is 1. The normalized spacial score (nSPS) is 24.4. The highest BCUT2D eigenvalue weighted by Crippen LogP contribution is 2.40. The Morgan fingerprint density at radius 3 is 2.47 bits per heavy atom. The predicted octanol–water partition coefficient (Wildman–Crippen LogP) is 4.85. The average Bonchev–Trinajstić information content (AvgIpc) is 2.69. The van der Waals surface area contributed by atoms with Gasteiger partial charge in [0, 0.05) is 11.1 Å². The van der Waals surface area contributed by atoms with E-state index in [0.29, 0.717) is 11.5 Å². The molecule has 3 N–H and O–H groups in total. The third-order valence-electron chi connectivity index (χ3n) is 6.36. The second kappa shape index (κ2) is 7.72. The molecular formula is C22H26F3N3O2. The molecule has 8 heteroatoms. The van der Waals surface area contributed by atoms with Crippen molar-refractivity contribution in [1.29, 1.82) is 0 Å². The number of phenols is 1. The summed E-state index contributed by atoms with van der Waals surface area (Å²) in [5, 5.41) is 33.0. The molecule has 1 saturated carbocycles. The fraction of sp³-hybridized carbons (Fsp3) is 0.545. The van der Waals surface area contributed by atoms with Crippen LogP contribution in [-0.4, -0.2) is 32.1 Å². The van der Waals surface area contributed by atoms with Gasteiger partial charge in [-0.15, -0.1) is 10.2 Å². The number of fused-ring (bicyclic) bond motifs is 1. The lowest BCUT2D eigenvalue weighted by Crippen LogP contribution is -2.47. The van der Waals surface area contributed by atoms with Crippen LogP contribution in [0.5, 0.6) is 5.75 Å². The highest BCUT2D eigenvalue weighted by Gasteiger charge is 2.36. The van der Waals surface area contributed by atoms with E-state index in [1.807, 2.05) is 6.92 Å². The Morgan fingerprint density at radius 2 is 1.80 bits per heavy atom. The van der Waals surface area contributed by atoms with Gasteiger partial charge in [0.2, 0.25) is 0 Å². The van der Waals surface area contributed by atoms with Gasteiger partial charge in [-0.25, -0.2) is 0 Å². The minimum atomic E-state index is -4.52. The van der Waals surface area contributed by atoms with E-state index in [1.54, 1.807) is 0 Å². The molecule has 0 saturated heterocycles. The summed E-state index contributed by atoms with van der Waals surface area (Å²) in [6.45, 7) is 1.83. The topological polar surface area (TPSA) is 78.3 Å². The van der Waals surface area contributed by atoms with E-state index in [4.69, 9.17) is 0 Å². The van der Waals surface area contributed by atoms with Crippen molar-refractivity contribution in [3.63, 3.8) is 0 Å². The molecule has 0 spiro atoms. The zero-order chi connectivity index (χ0) is 21.5. The lowest BCUT2D eigenvalue weighted by Gasteiger charge is -2.38. The summed E-state index contributed by atoms with van der Waals surface area (Å²) in [5.41, 5.74) is 0.840. The molecule has 0 amide bonds. The van der Waals surface area contributed by atoms with Gasteiger partial charge >= 0.3 is 6.18 Å². The van der Waals surface area contributed by atoms with Gasteiger partial charge in [-0.2, -0.15) is 13.2 Å². The van der Waals surface area contributed by atoms with Crippen LogP contribution in [0.2, 0.25) is 0 Å². The molecule has 4 rings (SSSR count). The number of hydrogen-bond acceptors (Lipinski definition) is 5. The summed E-state index contributed by atoms with van der Waals surface area (Å²) in [6, 6.07) is 2.82. The number of benzene rings is 1. The summed E-state index contributed by atoms with van der Waals surface area (Å²) >= 11 is 0. The van der Waals surface area contributed by atoms with Crippen LogP contribution < -0.4 is 5.32 Å². The van der Waals surface area contributed by atoms with Crippen molar-refractivity contribution in [3.05, 3.63) is 34.9 Å². The summed E-state index contributed by atoms with van der Waals surface area (Å²) < 4.78 is 38.8. The maximum atomic E-state index is 12.9. The molecule has 0 radical (unpaired) electrons. The molecule has 0 aliphatic heterocycles. The van der Waals surface area contributed by atoms with Crippen LogP contribution in [-0.2, 0) is 19.0 Å². The largest absolute Gasteiger partial charge is 0.507 e. The quantitative estimate of drug-likeness (QED) is 0.660. The summed E-state index contributed by atoms with van der Waals surface area (Å²) in [6.07, 6.45) is 2.46. The van der Waals surface area contributed by atoms with E-state index in [2.05, 4.69) is 15.5 Å². The van der Waals surface area contributed by atoms with E-state index >= 15 is 0 Å². The number of hydrogen-bond donors (Lipinski definition) is 3. The van der Waals surface area contributed by atoms with Crippen LogP contribution >= 0.6 is 0 Å². The first-order valence-corrected chi connectivity index (χ1v) is 10.4. The smallest absolute Gasteiger partial charge is 0.416 e. The second-order valence-corrected chi connectivity index (χ2v) is 8.59. The minimum Gasteiger partial charge on any atom is -0.507 e. The lowest BCUT2D eigenvalue weighted by atomic mass is 9.81. The Balaban J connectivity index is 1.72. The molecule has 5 nitrogen and oxygen atoms in total. The molecule has 0 bridgehead atoms. The van der Waals surface area contributed by atoms with Gasteiger partial charge in [-0.1, -0.05) is 12.8 Å². The molecular weight excluding hydrogens is 395 g/mol. The van der Waals surface area contributed by atoms with Crippen LogP contribution in [0.4, 0.5) is 19.0 Å². The molecule has 162 valence electrons. The first kappa shape index (κ1) is 20.9. The molecule has 2 aromatic rings. The number of rotatable bonds is 3. The molecule has 0 unspecified atom stereocenters. The Bertz CT molecular complexity index is 944. The second-order valence-electron chi connectivity index (χ2n) is 8.59. The van der Waals surface area contributed by atoms with Gasteiger partial charge in [0.1, 0.15) is 11.4 Å². The van der Waals surface area contributed by atoms with E-state index in [1.165, 1.54) is 6.07 Å². The minimum absolute atomic E-state index is 0.128. The van der Waals surface area contributed by atoms with Gasteiger partial charge in [0.25, 0.3) is 0 Å². The van der Waals surface area contributed by atoms with Crippen molar-refractivity contribution in [2.45, 2.75) is 76.1 Å². The molecule has 1 aromatic carbocycles. The van der Waals surface area contributed by atoms with Crippen molar-refractivity contribution >= 4 is 5.82 Å². The van der Waals surface area contributed by atoms with Crippen molar-refractivity contribution in [3.8, 4) is 17.0 Å². The maximum Gasteiger partial charge on any atom is 0.416 e. The maximum absolute atomic E-state index is 12.9. The highest BCUT2D eigenvalue weighted by molar-refractivity contribution is 5.73. The number of aromatic nitrogens is 2. The average molecular weight is 421 g/mol. The first-order chi connectivity index (χ1) is 14.2. The predicted molar refractivity (Wildman–Crippen MR) is 107 cm³/mol. The number of halogens is 3. The third-order valence-corrected chi connectivity index (χ3v) is 6.36. The van der Waals surface area contributed by atoms with Crippen LogP contribution in [0.25, 0.3) is 11.3 Å². The number of aliphatic hydroxyl groups is 1. The van der Waals surface area contributed by atoms with Crippen molar-refractivity contribution in [1.82, 2.24) is 10.2 Å². The molecule has 2 aliphatic rings. The Kier molecular flexibility index (Phi) is 5.38. The molecule has 2 aliphatic carbocycles. The van der Waals surface area contributed by atoms with Gasteiger partial charge in [-0.3, -0.25) is 0 Å². The van der Waals surface area contributed by atoms with Crippen LogP contribution in [0.15, 0.2) is 18.2 Å². The number of nitrogens with one attached hydrogen (secondary N) is 1. The van der Waals surface area contributed by atoms with E-state index in [9.17, 15) is 23.4 Å². The van der Waals surface area contributed by atoms with Crippen molar-refractivity contribution < 1.29 is 23.4 Å². The zero-order valence-corrected chi connectivity index (χ0v) is 16.9. The molecule has 1 heterocycles. The Morgan fingerprint density at radius 1 is 1.07 bits per heavy atom. The first-order valence-electron chi connectivity index (χ1n) is 10.4. The number of alkyl halides is 3. The third kappa shape index (κ3) is 3.97. The number of phenolic OH excluding ortho intramolecular Hbond substituents is 1. The molecule has 1 aromatic heterocycles. The van der Waals surface area contributed by atoms with Gasteiger partial charge in [0.05, 0.1) is 17.2 Å². The summed E-state index contributed by atoms with van der Waals surface area (Å²) in [4.78, 5) is 0. The SMILES string of the molecule is C[C@@]1(O)CCCC[C@H]1Nc1nnc(-c2ccc(C(F)(F)F)cc2O)c2c1CCCC2. The van der Waals surface area contributed by atoms with Gasteiger partial charge in [-0.05, 0) is 69.2 Å². The summed E-state index contributed by atoms with van der Waals surface area (Å²) in [5.74, 6) is 0.176. The van der Waals surface area contributed by atoms with Gasteiger partial charge < -0.3 is 15.5 Å². The lowest BCUT2D eigenvalue weighted by molar-refractivity contribution is -0.137. The standard InChI is InChI=1S/C22H26F3N3O2/c1-21(30)11-5-4-8-18(21)26-20-15-7-3-2-6-14(15)19(27-28-20)16-10-9-13(12-17(16)29)22(23,24)25/h9-10,12,18,29-30H,2-8,11H2,1H3,(H,26,28)/t18-,21-/m1/s1. The van der Waals surface area contributed by atoms with Crippen LogP contribution in [0.3, 0.4) is 0 Å². The zero-order valence-electron chi connectivity index (χ0n) is 16.9. The fourth-order valence-electron chi connectivity index (χ4n) is 4.60. The van der Waals surface area contributed by atoms with Crippen molar-refractivity contribution in [2.75, 3.05) is 5.32 Å². The van der Waals surface area contributed by atoms with E-state index in [0.717, 1.165) is 74.6 Å². The Hall–Kier alpha value is -2.35. The monoisotopic (exact) mass is 421 g/mol. The highest BCUT2D eigenvalue weighted by atomic mass is 19.4. The molecule has 2 atom stereocenters.